The van der Waals surface area contributed by atoms with Crippen LogP contribution in [0.4, 0.5) is 0 Å². The van der Waals surface area contributed by atoms with Gasteiger partial charge in [-0.3, -0.25) is 0 Å². The highest BCUT2D eigenvalue weighted by Crippen LogP contribution is 2.39. The lowest BCUT2D eigenvalue weighted by Gasteiger charge is -2.13. The lowest BCUT2D eigenvalue weighted by atomic mass is 9.99. The van der Waals surface area contributed by atoms with Crippen LogP contribution in [0.1, 0.15) is 5.56 Å². The van der Waals surface area contributed by atoms with E-state index in [1.54, 1.807) is 0 Å². The minimum atomic E-state index is 1.16. The number of aromatic nitrogens is 2. The van der Waals surface area contributed by atoms with Crippen LogP contribution in [0.15, 0.2) is 176 Å². The van der Waals surface area contributed by atoms with Crippen LogP contribution in [0.2, 0.25) is 0 Å². The van der Waals surface area contributed by atoms with Crippen molar-refractivity contribution in [2.45, 2.75) is 6.92 Å². The summed E-state index contributed by atoms with van der Waals surface area (Å²) < 4.78 is 4.78. The Hall–Kier alpha value is -6.12. The van der Waals surface area contributed by atoms with Crippen LogP contribution >= 0.6 is 0 Å². The molecule has 2 nitrogen and oxygen atoms in total. The fourth-order valence-electron chi connectivity index (χ4n) is 7.21. The second-order valence-corrected chi connectivity index (χ2v) is 12.3. The van der Waals surface area contributed by atoms with Crippen molar-refractivity contribution in [2.75, 3.05) is 0 Å². The first-order valence-corrected chi connectivity index (χ1v) is 16.2. The number of hydrogen-bond donors (Lipinski definition) is 0. The molecular weight excluding hydrogens is 569 g/mol. The van der Waals surface area contributed by atoms with Crippen molar-refractivity contribution >= 4 is 32.7 Å². The fourth-order valence-corrected chi connectivity index (χ4v) is 7.21. The topological polar surface area (TPSA) is 9.86 Å². The minimum absolute atomic E-state index is 1.16. The molecule has 0 aliphatic rings. The van der Waals surface area contributed by atoms with Gasteiger partial charge in [0.2, 0.25) is 0 Å². The van der Waals surface area contributed by atoms with Gasteiger partial charge in [0.05, 0.1) is 16.6 Å². The molecule has 222 valence electrons. The summed E-state index contributed by atoms with van der Waals surface area (Å²) in [6.45, 7) is 2.21. The molecule has 0 spiro atoms. The summed E-state index contributed by atoms with van der Waals surface area (Å²) in [4.78, 5) is 0. The number of nitrogens with zero attached hydrogens (tertiary/aromatic N) is 2. The van der Waals surface area contributed by atoms with E-state index in [1.807, 2.05) is 0 Å². The molecule has 0 unspecified atom stereocenters. The predicted molar refractivity (Wildman–Crippen MR) is 199 cm³/mol. The number of hydrogen-bond acceptors (Lipinski definition) is 0. The average Bonchev–Trinajstić information content (AvgIpc) is 3.66. The zero-order valence-electron chi connectivity index (χ0n) is 26.1. The molecule has 0 aliphatic heterocycles. The molecule has 0 saturated heterocycles. The predicted octanol–water partition coefficient (Wildman–Crippen LogP) is 12.0. The van der Waals surface area contributed by atoms with Crippen LogP contribution in [0.25, 0.3) is 77.5 Å². The Morgan fingerprint density at radius 1 is 0.383 bits per heavy atom. The van der Waals surface area contributed by atoms with Crippen LogP contribution in [0.5, 0.6) is 0 Å². The number of aryl methyl sites for hydroxylation is 1. The molecule has 0 aliphatic carbocycles. The van der Waals surface area contributed by atoms with Gasteiger partial charge in [-0.05, 0) is 82.8 Å². The van der Waals surface area contributed by atoms with Gasteiger partial charge in [-0.15, -0.1) is 0 Å². The van der Waals surface area contributed by atoms with E-state index in [9.17, 15) is 0 Å². The third-order valence-electron chi connectivity index (χ3n) is 9.45. The molecule has 2 heterocycles. The van der Waals surface area contributed by atoms with Gasteiger partial charge in [0.15, 0.2) is 0 Å². The Labute approximate surface area is 274 Å². The maximum atomic E-state index is 2.41. The first kappa shape index (κ1) is 27.2. The largest absolute Gasteiger partial charge is 0.316 e. The molecule has 0 amide bonds. The van der Waals surface area contributed by atoms with E-state index in [1.165, 1.54) is 71.7 Å². The Morgan fingerprint density at radius 2 is 1.00 bits per heavy atom. The SMILES string of the molecule is Cc1cn(-c2cccc(-c3ccccc3)c2)c2c(-c3ccc4c5cc(-c6ccccc6)ccc5n(-c5ccccc5)c4c3)cccc12. The standard InChI is InChI=1S/C45H32N2/c1-31-30-46(38-20-11-17-34(27-38)32-13-5-2-6-14-32)45-39(31)21-12-22-40(45)36-23-25-41-42-28-35(33-15-7-3-8-16-33)24-26-43(42)47(44(41)29-36)37-18-9-4-10-19-37/h2-30H,1H3. The van der Waals surface area contributed by atoms with Gasteiger partial charge in [0.1, 0.15) is 0 Å². The molecule has 0 fully saturated rings. The maximum Gasteiger partial charge on any atom is 0.0609 e. The normalized spacial score (nSPS) is 11.5. The summed E-state index contributed by atoms with van der Waals surface area (Å²) in [6.07, 6.45) is 2.28. The molecule has 9 aromatic rings. The first-order chi connectivity index (χ1) is 23.2. The number of fused-ring (bicyclic) bond motifs is 4. The molecule has 0 N–H and O–H groups in total. The number of benzene rings is 7. The van der Waals surface area contributed by atoms with Crippen LogP contribution in [-0.4, -0.2) is 9.13 Å². The highest BCUT2D eigenvalue weighted by Gasteiger charge is 2.17. The Bertz CT molecular complexity index is 2550. The highest BCUT2D eigenvalue weighted by atomic mass is 15.0. The summed E-state index contributed by atoms with van der Waals surface area (Å²) in [6, 6.07) is 61.4. The molecule has 0 atom stereocenters. The van der Waals surface area contributed by atoms with E-state index in [-0.39, 0.29) is 0 Å². The average molecular weight is 601 g/mol. The zero-order valence-corrected chi connectivity index (χ0v) is 26.1. The van der Waals surface area contributed by atoms with Gasteiger partial charge in [-0.25, -0.2) is 0 Å². The Kier molecular flexibility index (Phi) is 6.39. The molecule has 47 heavy (non-hydrogen) atoms. The first-order valence-electron chi connectivity index (χ1n) is 16.2. The monoisotopic (exact) mass is 600 g/mol. The smallest absolute Gasteiger partial charge is 0.0609 e. The number of para-hydroxylation sites is 2. The van der Waals surface area contributed by atoms with Crippen molar-refractivity contribution in [2.24, 2.45) is 0 Å². The van der Waals surface area contributed by atoms with Crippen LogP contribution in [-0.2, 0) is 0 Å². The minimum Gasteiger partial charge on any atom is -0.316 e. The van der Waals surface area contributed by atoms with Gasteiger partial charge < -0.3 is 9.13 Å². The van der Waals surface area contributed by atoms with Gasteiger partial charge >= 0.3 is 0 Å². The number of rotatable bonds is 5. The van der Waals surface area contributed by atoms with E-state index >= 15 is 0 Å². The Morgan fingerprint density at radius 3 is 1.74 bits per heavy atom. The fraction of sp³-hybridized carbons (Fsp3) is 0.0222. The lowest BCUT2D eigenvalue weighted by molar-refractivity contribution is 1.12. The van der Waals surface area contributed by atoms with E-state index in [0.717, 1.165) is 11.4 Å². The van der Waals surface area contributed by atoms with E-state index < -0.39 is 0 Å². The van der Waals surface area contributed by atoms with Gasteiger partial charge in [-0.2, -0.15) is 0 Å². The highest BCUT2D eigenvalue weighted by molar-refractivity contribution is 6.12. The molecular formula is C45H32N2. The van der Waals surface area contributed by atoms with Crippen LogP contribution < -0.4 is 0 Å². The lowest BCUT2D eigenvalue weighted by Crippen LogP contribution is -1.95. The van der Waals surface area contributed by atoms with Gasteiger partial charge in [0, 0.05) is 39.3 Å². The molecule has 0 radical (unpaired) electrons. The second-order valence-electron chi connectivity index (χ2n) is 12.3. The van der Waals surface area contributed by atoms with Crippen molar-refractivity contribution in [3.8, 4) is 44.8 Å². The van der Waals surface area contributed by atoms with Gasteiger partial charge in [0.25, 0.3) is 0 Å². The van der Waals surface area contributed by atoms with Crippen molar-refractivity contribution in [3.63, 3.8) is 0 Å². The molecule has 2 heteroatoms. The molecule has 9 rings (SSSR count). The molecule has 0 bridgehead atoms. The third-order valence-corrected chi connectivity index (χ3v) is 9.45. The quantitative estimate of drug-likeness (QED) is 0.186. The molecule has 0 saturated carbocycles. The summed E-state index contributed by atoms with van der Waals surface area (Å²) >= 11 is 0. The Balaban J connectivity index is 1.27. The molecule has 7 aromatic carbocycles. The summed E-state index contributed by atoms with van der Waals surface area (Å²) in [5.41, 5.74) is 14.5. The van der Waals surface area contributed by atoms with E-state index in [0.29, 0.717) is 0 Å². The molecule has 2 aromatic heterocycles. The van der Waals surface area contributed by atoms with Crippen LogP contribution in [0.3, 0.4) is 0 Å². The van der Waals surface area contributed by atoms with Crippen molar-refractivity contribution in [3.05, 3.63) is 182 Å². The van der Waals surface area contributed by atoms with Crippen molar-refractivity contribution in [1.29, 1.82) is 0 Å². The second kappa shape index (κ2) is 11.0. The van der Waals surface area contributed by atoms with Crippen molar-refractivity contribution in [1.82, 2.24) is 9.13 Å². The van der Waals surface area contributed by atoms with E-state index in [2.05, 4.69) is 192 Å². The van der Waals surface area contributed by atoms with Crippen molar-refractivity contribution < 1.29 is 0 Å². The summed E-state index contributed by atoms with van der Waals surface area (Å²) in [5.74, 6) is 0. The zero-order chi connectivity index (χ0) is 31.3. The third kappa shape index (κ3) is 4.57. The van der Waals surface area contributed by atoms with Crippen LogP contribution in [0, 0.1) is 6.92 Å². The maximum absolute atomic E-state index is 2.41. The summed E-state index contributed by atoms with van der Waals surface area (Å²) in [7, 11) is 0. The van der Waals surface area contributed by atoms with E-state index in [4.69, 9.17) is 0 Å². The summed E-state index contributed by atoms with van der Waals surface area (Å²) in [5, 5.41) is 3.77. The van der Waals surface area contributed by atoms with Gasteiger partial charge in [-0.1, -0.05) is 127 Å².